The van der Waals surface area contributed by atoms with Crippen molar-refractivity contribution >= 4 is 18.0 Å². The monoisotopic (exact) mass is 374 g/mol. The summed E-state index contributed by atoms with van der Waals surface area (Å²) < 4.78 is 10.9. The lowest BCUT2D eigenvalue weighted by atomic mass is 9.91. The Morgan fingerprint density at radius 3 is 2.19 bits per heavy atom. The van der Waals surface area contributed by atoms with E-state index in [1.807, 2.05) is 51.1 Å². The second-order valence-corrected chi connectivity index (χ2v) is 8.09. The predicted molar refractivity (Wildman–Crippen MR) is 98.1 cm³/mol. The fraction of sp³-hybridized carbons (Fsp3) is 0.550. The van der Waals surface area contributed by atoms with E-state index in [0.717, 1.165) is 5.56 Å². The molecule has 3 rings (SSSR count). The lowest BCUT2D eigenvalue weighted by molar-refractivity contribution is -0.127. The van der Waals surface area contributed by atoms with E-state index < -0.39 is 17.8 Å². The third-order valence-electron chi connectivity index (χ3n) is 4.64. The molecular formula is C20H26N2O5. The van der Waals surface area contributed by atoms with E-state index in [-0.39, 0.29) is 50.4 Å². The standard InChI is InChI=1S/C20H26N2O5/c1-20(2,3)27-18(24)21-11-15-9-17(23)10-16(12-21)22(15)19(25)26-13-14-7-5-4-6-8-14/h4-8,15-16H,9-13H2,1-3H3/t15-,16+. The quantitative estimate of drug-likeness (QED) is 0.795. The largest absolute Gasteiger partial charge is 0.445 e. The molecule has 0 spiro atoms. The number of piperidine rings is 1. The molecule has 0 saturated carbocycles. The maximum Gasteiger partial charge on any atom is 0.410 e. The molecule has 7 heteroatoms. The Morgan fingerprint density at radius 2 is 1.63 bits per heavy atom. The van der Waals surface area contributed by atoms with Crippen LogP contribution in [0.15, 0.2) is 30.3 Å². The maximum absolute atomic E-state index is 12.7. The Morgan fingerprint density at radius 1 is 1.04 bits per heavy atom. The fourth-order valence-electron chi connectivity index (χ4n) is 3.56. The summed E-state index contributed by atoms with van der Waals surface area (Å²) in [5, 5.41) is 0. The molecule has 2 atom stereocenters. The number of ketones is 1. The predicted octanol–water partition coefficient (Wildman–Crippen LogP) is 2.98. The molecule has 1 aromatic rings. The van der Waals surface area contributed by atoms with E-state index in [0.29, 0.717) is 0 Å². The minimum atomic E-state index is -0.590. The van der Waals surface area contributed by atoms with Crippen LogP contribution in [0.2, 0.25) is 0 Å². The van der Waals surface area contributed by atoms with Crippen molar-refractivity contribution in [2.75, 3.05) is 13.1 Å². The molecule has 0 radical (unpaired) electrons. The average molecular weight is 374 g/mol. The Balaban J connectivity index is 1.66. The highest BCUT2D eigenvalue weighted by atomic mass is 16.6. The van der Waals surface area contributed by atoms with E-state index in [1.54, 1.807) is 9.80 Å². The van der Waals surface area contributed by atoms with E-state index in [2.05, 4.69) is 0 Å². The van der Waals surface area contributed by atoms with Crippen LogP contribution in [0.25, 0.3) is 0 Å². The van der Waals surface area contributed by atoms with E-state index >= 15 is 0 Å². The number of carbonyl (C=O) groups excluding carboxylic acids is 3. The highest BCUT2D eigenvalue weighted by Crippen LogP contribution is 2.29. The van der Waals surface area contributed by atoms with Gasteiger partial charge in [0.1, 0.15) is 18.0 Å². The molecule has 2 saturated heterocycles. The highest BCUT2D eigenvalue weighted by molar-refractivity contribution is 5.84. The van der Waals surface area contributed by atoms with Crippen LogP contribution < -0.4 is 0 Å². The van der Waals surface area contributed by atoms with Crippen LogP contribution in [0.5, 0.6) is 0 Å². The van der Waals surface area contributed by atoms with Gasteiger partial charge in [-0.1, -0.05) is 30.3 Å². The van der Waals surface area contributed by atoms with Crippen molar-refractivity contribution in [3.8, 4) is 0 Å². The minimum absolute atomic E-state index is 0.112. The lowest BCUT2D eigenvalue weighted by Gasteiger charge is -2.48. The van der Waals surface area contributed by atoms with Gasteiger partial charge in [-0.2, -0.15) is 0 Å². The van der Waals surface area contributed by atoms with Crippen LogP contribution in [-0.2, 0) is 20.9 Å². The number of ether oxygens (including phenoxy) is 2. The van der Waals surface area contributed by atoms with Gasteiger partial charge in [-0.3, -0.25) is 9.69 Å². The number of carbonyl (C=O) groups is 3. The summed E-state index contributed by atoms with van der Waals surface area (Å²) in [6.07, 6.45) is -0.388. The van der Waals surface area contributed by atoms with Gasteiger partial charge >= 0.3 is 12.2 Å². The normalized spacial score (nSPS) is 22.4. The Hall–Kier alpha value is -2.57. The average Bonchev–Trinajstić information content (AvgIpc) is 2.57. The van der Waals surface area contributed by atoms with Crippen molar-refractivity contribution in [3.05, 3.63) is 35.9 Å². The number of piperazine rings is 1. The van der Waals surface area contributed by atoms with Crippen molar-refractivity contribution in [3.63, 3.8) is 0 Å². The van der Waals surface area contributed by atoms with Crippen molar-refractivity contribution in [2.24, 2.45) is 0 Å². The number of hydrogen-bond acceptors (Lipinski definition) is 5. The number of hydrogen-bond donors (Lipinski definition) is 0. The summed E-state index contributed by atoms with van der Waals surface area (Å²) in [6, 6.07) is 8.70. The third-order valence-corrected chi connectivity index (χ3v) is 4.64. The zero-order chi connectivity index (χ0) is 19.6. The molecule has 0 aliphatic carbocycles. The number of amides is 2. The SMILES string of the molecule is CC(C)(C)OC(=O)N1C[C@H]2CC(=O)C[C@@H](C1)N2C(=O)OCc1ccccc1. The number of benzene rings is 1. The topological polar surface area (TPSA) is 76.2 Å². The molecule has 2 fully saturated rings. The summed E-state index contributed by atoms with van der Waals surface area (Å²) in [7, 11) is 0. The number of fused-ring (bicyclic) bond motifs is 2. The van der Waals surface area contributed by atoms with Gasteiger partial charge in [0.05, 0.1) is 12.1 Å². The third kappa shape index (κ3) is 4.78. The maximum atomic E-state index is 12.7. The second-order valence-electron chi connectivity index (χ2n) is 8.09. The number of rotatable bonds is 2. The zero-order valence-corrected chi connectivity index (χ0v) is 16.0. The summed E-state index contributed by atoms with van der Waals surface area (Å²) in [5.41, 5.74) is 0.313. The molecule has 2 aliphatic rings. The first-order valence-corrected chi connectivity index (χ1v) is 9.21. The Labute approximate surface area is 159 Å². The first-order chi connectivity index (χ1) is 12.7. The zero-order valence-electron chi connectivity index (χ0n) is 16.0. The van der Waals surface area contributed by atoms with E-state index in [1.165, 1.54) is 0 Å². The highest BCUT2D eigenvalue weighted by Gasteiger charge is 2.45. The first kappa shape index (κ1) is 19.2. The molecule has 1 aromatic carbocycles. The van der Waals surface area contributed by atoms with Crippen LogP contribution >= 0.6 is 0 Å². The van der Waals surface area contributed by atoms with Crippen LogP contribution in [0, 0.1) is 0 Å². The van der Waals surface area contributed by atoms with Gasteiger partial charge in [0.25, 0.3) is 0 Å². The van der Waals surface area contributed by atoms with Crippen molar-refractivity contribution in [2.45, 2.75) is 57.9 Å². The van der Waals surface area contributed by atoms with Gasteiger partial charge in [-0.25, -0.2) is 9.59 Å². The summed E-state index contributed by atoms with van der Waals surface area (Å²) >= 11 is 0. The van der Waals surface area contributed by atoms with Gasteiger partial charge in [-0.15, -0.1) is 0 Å². The van der Waals surface area contributed by atoms with Gasteiger partial charge < -0.3 is 14.4 Å². The molecule has 27 heavy (non-hydrogen) atoms. The van der Waals surface area contributed by atoms with Gasteiger partial charge in [0.15, 0.2) is 0 Å². The van der Waals surface area contributed by atoms with Gasteiger partial charge in [-0.05, 0) is 26.3 Å². The smallest absolute Gasteiger partial charge is 0.410 e. The number of Topliss-reactive ketones (excluding diaryl/α,β-unsaturated/α-hetero) is 1. The number of nitrogens with zero attached hydrogens (tertiary/aromatic N) is 2. The molecule has 2 amide bonds. The first-order valence-electron chi connectivity index (χ1n) is 9.21. The van der Waals surface area contributed by atoms with E-state index in [9.17, 15) is 14.4 Å². The van der Waals surface area contributed by atoms with Crippen LogP contribution in [0.4, 0.5) is 9.59 Å². The fourth-order valence-corrected chi connectivity index (χ4v) is 3.56. The van der Waals surface area contributed by atoms with Crippen LogP contribution in [0.1, 0.15) is 39.2 Å². The second kappa shape index (κ2) is 7.58. The molecule has 2 bridgehead atoms. The molecule has 7 nitrogen and oxygen atoms in total. The molecule has 2 aliphatic heterocycles. The Bertz CT molecular complexity index is 695. The molecular weight excluding hydrogens is 348 g/mol. The number of likely N-dealkylation sites (tertiary alicyclic amines) is 1. The summed E-state index contributed by atoms with van der Waals surface area (Å²) in [5.74, 6) is 0.112. The molecule has 0 unspecified atom stereocenters. The molecule has 2 heterocycles. The van der Waals surface area contributed by atoms with Crippen molar-refractivity contribution in [1.29, 1.82) is 0 Å². The summed E-state index contributed by atoms with van der Waals surface area (Å²) in [6.45, 7) is 6.17. The van der Waals surface area contributed by atoms with Crippen LogP contribution in [-0.4, -0.2) is 58.5 Å². The molecule has 0 aromatic heterocycles. The lowest BCUT2D eigenvalue weighted by Crippen LogP contribution is -2.65. The molecule has 0 N–H and O–H groups in total. The van der Waals surface area contributed by atoms with Crippen molar-refractivity contribution < 1.29 is 23.9 Å². The van der Waals surface area contributed by atoms with Gasteiger partial charge in [0, 0.05) is 25.9 Å². The Kier molecular flexibility index (Phi) is 5.39. The van der Waals surface area contributed by atoms with Gasteiger partial charge in [0.2, 0.25) is 0 Å². The van der Waals surface area contributed by atoms with Crippen LogP contribution in [0.3, 0.4) is 0 Å². The van der Waals surface area contributed by atoms with E-state index in [4.69, 9.17) is 9.47 Å². The summed E-state index contributed by atoms with van der Waals surface area (Å²) in [4.78, 5) is 40.3. The van der Waals surface area contributed by atoms with Crippen molar-refractivity contribution in [1.82, 2.24) is 9.80 Å². The molecule has 146 valence electrons. The minimum Gasteiger partial charge on any atom is -0.445 e.